The standard InChI is InChI=1S/C24H23N5O5S/c1-3-27-13-18(12-25-27)14-28-23(30)20(26-24(28)35)10-17-6-9-21(22(11-17)33-2)34-15-16-4-7-19(8-5-16)29(31)32/h4-13H,3,14-15H2,1-2H3,(H,26,35)/b20-10+. The van der Waals surface area contributed by atoms with Gasteiger partial charge < -0.3 is 14.8 Å². The van der Waals surface area contributed by atoms with Crippen molar-refractivity contribution >= 4 is 35.0 Å². The quantitative estimate of drug-likeness (QED) is 0.208. The van der Waals surface area contributed by atoms with E-state index in [2.05, 4.69) is 10.4 Å². The Balaban J connectivity index is 1.45. The van der Waals surface area contributed by atoms with Crippen molar-refractivity contribution in [3.63, 3.8) is 0 Å². The van der Waals surface area contributed by atoms with Crippen molar-refractivity contribution in [3.05, 3.63) is 87.4 Å². The monoisotopic (exact) mass is 493 g/mol. The van der Waals surface area contributed by atoms with Gasteiger partial charge in [0.15, 0.2) is 16.6 Å². The number of nitro benzene ring substituents is 1. The van der Waals surface area contributed by atoms with Crippen molar-refractivity contribution in [2.75, 3.05) is 7.11 Å². The molecule has 0 spiro atoms. The third kappa shape index (κ3) is 5.46. The summed E-state index contributed by atoms with van der Waals surface area (Å²) >= 11 is 5.36. The van der Waals surface area contributed by atoms with Gasteiger partial charge in [-0.05, 0) is 60.6 Å². The summed E-state index contributed by atoms with van der Waals surface area (Å²) in [5.41, 5.74) is 2.78. The Kier molecular flexibility index (Phi) is 7.06. The molecule has 2 aromatic carbocycles. The number of ether oxygens (including phenoxy) is 2. The summed E-state index contributed by atoms with van der Waals surface area (Å²) in [7, 11) is 1.53. The van der Waals surface area contributed by atoms with E-state index < -0.39 is 4.92 Å². The summed E-state index contributed by atoms with van der Waals surface area (Å²) in [5.74, 6) is 0.763. The van der Waals surface area contributed by atoms with Crippen LogP contribution in [0.1, 0.15) is 23.6 Å². The molecular weight excluding hydrogens is 470 g/mol. The van der Waals surface area contributed by atoms with Crippen LogP contribution in [0.2, 0.25) is 0 Å². The van der Waals surface area contributed by atoms with Crippen LogP contribution in [-0.2, 0) is 24.5 Å². The highest BCUT2D eigenvalue weighted by Crippen LogP contribution is 2.30. The van der Waals surface area contributed by atoms with Gasteiger partial charge in [0, 0.05) is 30.4 Å². The number of hydrogen-bond acceptors (Lipinski definition) is 7. The first-order chi connectivity index (χ1) is 16.9. The smallest absolute Gasteiger partial charge is 0.276 e. The minimum absolute atomic E-state index is 0.0212. The summed E-state index contributed by atoms with van der Waals surface area (Å²) in [6.45, 7) is 3.29. The van der Waals surface area contributed by atoms with E-state index in [1.165, 1.54) is 24.1 Å². The van der Waals surface area contributed by atoms with E-state index in [-0.39, 0.29) is 18.2 Å². The lowest BCUT2D eigenvalue weighted by Gasteiger charge is -2.12. The maximum absolute atomic E-state index is 12.9. The number of carbonyl (C=O) groups is 1. The fourth-order valence-corrected chi connectivity index (χ4v) is 3.75. The molecule has 1 aliphatic heterocycles. The van der Waals surface area contributed by atoms with Gasteiger partial charge >= 0.3 is 0 Å². The van der Waals surface area contributed by atoms with Crippen molar-refractivity contribution in [1.82, 2.24) is 20.0 Å². The number of non-ortho nitro benzene ring substituents is 1. The molecule has 1 aliphatic rings. The molecule has 180 valence electrons. The first kappa shape index (κ1) is 23.9. The topological polar surface area (TPSA) is 112 Å². The highest BCUT2D eigenvalue weighted by molar-refractivity contribution is 7.80. The normalized spacial score (nSPS) is 14.3. The molecule has 1 amide bonds. The van der Waals surface area contributed by atoms with Gasteiger partial charge in [-0.2, -0.15) is 5.10 Å². The molecule has 0 aliphatic carbocycles. The number of methoxy groups -OCH3 is 1. The van der Waals surface area contributed by atoms with Gasteiger partial charge in [0.05, 0.1) is 24.8 Å². The molecule has 11 heteroatoms. The van der Waals surface area contributed by atoms with Gasteiger partial charge in [-0.3, -0.25) is 24.5 Å². The molecule has 1 aromatic heterocycles. The molecule has 0 saturated carbocycles. The predicted molar refractivity (Wildman–Crippen MR) is 133 cm³/mol. The molecule has 0 radical (unpaired) electrons. The second kappa shape index (κ2) is 10.3. The third-order valence-corrected chi connectivity index (χ3v) is 5.68. The Bertz CT molecular complexity index is 1300. The fraction of sp³-hybridized carbons (Fsp3) is 0.208. The van der Waals surface area contributed by atoms with Gasteiger partial charge in [0.2, 0.25) is 0 Å². The summed E-state index contributed by atoms with van der Waals surface area (Å²) < 4.78 is 13.1. The molecule has 0 atom stereocenters. The molecule has 4 rings (SSSR count). The van der Waals surface area contributed by atoms with Gasteiger partial charge in [-0.25, -0.2) is 0 Å². The molecule has 0 bridgehead atoms. The second-order valence-electron chi connectivity index (χ2n) is 7.71. The third-order valence-electron chi connectivity index (χ3n) is 5.35. The Hall–Kier alpha value is -4.25. The van der Waals surface area contributed by atoms with E-state index in [9.17, 15) is 14.9 Å². The summed E-state index contributed by atoms with van der Waals surface area (Å²) in [5, 5.41) is 18.3. The number of nitrogens with one attached hydrogen (secondary N) is 1. The van der Waals surface area contributed by atoms with Crippen molar-refractivity contribution in [2.45, 2.75) is 26.6 Å². The molecule has 0 unspecified atom stereocenters. The lowest BCUT2D eigenvalue weighted by atomic mass is 10.1. The van der Waals surface area contributed by atoms with E-state index in [1.807, 2.05) is 13.1 Å². The number of aryl methyl sites for hydroxylation is 1. The van der Waals surface area contributed by atoms with Crippen LogP contribution in [-0.4, -0.2) is 37.7 Å². The zero-order valence-electron chi connectivity index (χ0n) is 19.1. The highest BCUT2D eigenvalue weighted by Gasteiger charge is 2.31. The van der Waals surface area contributed by atoms with Crippen LogP contribution in [0.5, 0.6) is 11.5 Å². The minimum atomic E-state index is -0.448. The maximum atomic E-state index is 12.9. The van der Waals surface area contributed by atoms with Gasteiger partial charge in [0.1, 0.15) is 12.3 Å². The van der Waals surface area contributed by atoms with Crippen LogP contribution >= 0.6 is 12.2 Å². The lowest BCUT2D eigenvalue weighted by Crippen LogP contribution is -2.29. The number of aromatic nitrogens is 2. The average molecular weight is 494 g/mol. The Labute approximate surface area is 206 Å². The number of thiocarbonyl (C=S) groups is 1. The molecule has 10 nitrogen and oxygen atoms in total. The minimum Gasteiger partial charge on any atom is -0.493 e. The largest absolute Gasteiger partial charge is 0.493 e. The molecule has 35 heavy (non-hydrogen) atoms. The van der Waals surface area contributed by atoms with E-state index in [0.717, 1.165) is 23.2 Å². The zero-order valence-corrected chi connectivity index (χ0v) is 19.9. The van der Waals surface area contributed by atoms with E-state index in [4.69, 9.17) is 21.7 Å². The number of hydrogen-bond donors (Lipinski definition) is 1. The Morgan fingerprint density at radius 1 is 1.17 bits per heavy atom. The number of nitro groups is 1. The van der Waals surface area contributed by atoms with Crippen molar-refractivity contribution in [3.8, 4) is 11.5 Å². The number of carbonyl (C=O) groups excluding carboxylic acids is 1. The van der Waals surface area contributed by atoms with Gasteiger partial charge in [0.25, 0.3) is 11.6 Å². The Morgan fingerprint density at radius 2 is 1.94 bits per heavy atom. The SMILES string of the molecule is CCn1cc(CN2C(=O)/C(=C\c3ccc(OCc4ccc([N+](=O)[O-])cc4)c(OC)c3)NC2=S)cn1. The molecule has 1 N–H and O–H groups in total. The highest BCUT2D eigenvalue weighted by atomic mass is 32.1. The summed E-state index contributed by atoms with van der Waals surface area (Å²) in [6.07, 6.45) is 5.31. The Morgan fingerprint density at radius 3 is 2.60 bits per heavy atom. The molecule has 1 saturated heterocycles. The van der Waals surface area contributed by atoms with Crippen LogP contribution in [0.15, 0.2) is 60.6 Å². The summed E-state index contributed by atoms with van der Waals surface area (Å²) in [6, 6.07) is 11.4. The molecule has 3 aromatic rings. The zero-order chi connectivity index (χ0) is 24.9. The predicted octanol–water partition coefficient (Wildman–Crippen LogP) is 3.66. The molecular formula is C24H23N5O5S. The van der Waals surface area contributed by atoms with Crippen LogP contribution in [0.3, 0.4) is 0 Å². The number of benzene rings is 2. The number of rotatable bonds is 9. The maximum Gasteiger partial charge on any atom is 0.276 e. The van der Waals surface area contributed by atoms with E-state index in [1.54, 1.807) is 47.3 Å². The van der Waals surface area contributed by atoms with Crippen molar-refractivity contribution in [1.29, 1.82) is 0 Å². The fourth-order valence-electron chi connectivity index (χ4n) is 3.49. The van der Waals surface area contributed by atoms with Crippen LogP contribution in [0, 0.1) is 10.1 Å². The lowest BCUT2D eigenvalue weighted by molar-refractivity contribution is -0.384. The second-order valence-corrected chi connectivity index (χ2v) is 8.09. The molecule has 2 heterocycles. The van der Waals surface area contributed by atoms with E-state index in [0.29, 0.717) is 28.9 Å². The summed E-state index contributed by atoms with van der Waals surface area (Å²) in [4.78, 5) is 24.8. The average Bonchev–Trinajstić information content (AvgIpc) is 3.43. The number of amides is 1. The van der Waals surface area contributed by atoms with Crippen LogP contribution in [0.25, 0.3) is 6.08 Å². The van der Waals surface area contributed by atoms with E-state index >= 15 is 0 Å². The molecule has 1 fully saturated rings. The van der Waals surface area contributed by atoms with Crippen molar-refractivity contribution < 1.29 is 19.2 Å². The number of nitrogens with zero attached hydrogens (tertiary/aromatic N) is 4. The first-order valence-electron chi connectivity index (χ1n) is 10.8. The van der Waals surface area contributed by atoms with Gasteiger partial charge in [-0.1, -0.05) is 6.07 Å². The first-order valence-corrected chi connectivity index (χ1v) is 11.2. The van der Waals surface area contributed by atoms with Gasteiger partial charge in [-0.15, -0.1) is 0 Å². The van der Waals surface area contributed by atoms with Crippen LogP contribution in [0.4, 0.5) is 5.69 Å². The van der Waals surface area contributed by atoms with Crippen molar-refractivity contribution in [2.24, 2.45) is 0 Å². The van der Waals surface area contributed by atoms with Crippen LogP contribution < -0.4 is 14.8 Å².